The van der Waals surface area contributed by atoms with Crippen molar-refractivity contribution >= 4 is 23.1 Å². The van der Waals surface area contributed by atoms with Gasteiger partial charge in [0.15, 0.2) is 5.82 Å². The second kappa shape index (κ2) is 8.23. The number of nitrogens with zero attached hydrogens (tertiary/aromatic N) is 4. The first-order chi connectivity index (χ1) is 15.4. The van der Waals surface area contributed by atoms with Crippen molar-refractivity contribution < 1.29 is 23.0 Å². The molecule has 8 nitrogen and oxygen atoms in total. The van der Waals surface area contributed by atoms with Crippen LogP contribution in [-0.4, -0.2) is 53.5 Å². The number of benzene rings is 1. The molecule has 0 aliphatic carbocycles. The van der Waals surface area contributed by atoms with E-state index in [1.807, 2.05) is 4.90 Å². The SMILES string of the molecule is CC(=O)N1CCc2c(c(N3CCOc4cc(N)c(C(F)F)cc43)nn2C2CCOCC2)C1. The number of hydrogen-bond donors (Lipinski definition) is 1. The van der Waals surface area contributed by atoms with Crippen LogP contribution in [0.15, 0.2) is 12.1 Å². The normalized spacial score (nSPS) is 19.0. The van der Waals surface area contributed by atoms with Crippen molar-refractivity contribution in [1.29, 1.82) is 0 Å². The lowest BCUT2D eigenvalue weighted by Gasteiger charge is -2.33. The number of aromatic nitrogens is 2. The van der Waals surface area contributed by atoms with E-state index in [-0.39, 0.29) is 23.2 Å². The van der Waals surface area contributed by atoms with Crippen molar-refractivity contribution in [2.24, 2.45) is 0 Å². The van der Waals surface area contributed by atoms with E-state index >= 15 is 0 Å². The Morgan fingerprint density at radius 2 is 2.00 bits per heavy atom. The van der Waals surface area contributed by atoms with E-state index in [9.17, 15) is 13.6 Å². The van der Waals surface area contributed by atoms with Crippen molar-refractivity contribution in [3.63, 3.8) is 0 Å². The number of ether oxygens (including phenoxy) is 2. The number of nitrogens with two attached hydrogens (primary N) is 1. The highest BCUT2D eigenvalue weighted by Crippen LogP contribution is 2.44. The summed E-state index contributed by atoms with van der Waals surface area (Å²) in [6.45, 7) is 4.88. The molecule has 0 spiro atoms. The Kier molecular flexibility index (Phi) is 5.40. The maximum atomic E-state index is 13.6. The molecule has 32 heavy (non-hydrogen) atoms. The van der Waals surface area contributed by atoms with Crippen molar-refractivity contribution in [1.82, 2.24) is 14.7 Å². The van der Waals surface area contributed by atoms with Gasteiger partial charge in [0, 0.05) is 61.7 Å². The molecule has 2 N–H and O–H groups in total. The van der Waals surface area contributed by atoms with Crippen molar-refractivity contribution in [3.05, 3.63) is 29.0 Å². The van der Waals surface area contributed by atoms with Crippen LogP contribution in [0, 0.1) is 0 Å². The first kappa shape index (κ1) is 21.0. The quantitative estimate of drug-likeness (QED) is 0.728. The number of halogens is 2. The number of amides is 1. The van der Waals surface area contributed by atoms with Crippen molar-refractivity contribution in [3.8, 4) is 5.75 Å². The van der Waals surface area contributed by atoms with Crippen LogP contribution >= 0.6 is 0 Å². The summed E-state index contributed by atoms with van der Waals surface area (Å²) in [6.07, 6.45) is -0.239. The van der Waals surface area contributed by atoms with E-state index in [1.165, 1.54) is 12.1 Å². The number of carbonyl (C=O) groups is 1. The van der Waals surface area contributed by atoms with E-state index in [1.54, 1.807) is 11.8 Å². The van der Waals surface area contributed by atoms with Crippen molar-refractivity contribution in [2.45, 2.75) is 45.2 Å². The summed E-state index contributed by atoms with van der Waals surface area (Å²) < 4.78 is 40.5. The van der Waals surface area contributed by atoms with Crippen LogP contribution in [0.4, 0.5) is 26.0 Å². The third-order valence-electron chi connectivity index (χ3n) is 6.57. The van der Waals surface area contributed by atoms with Crippen LogP contribution < -0.4 is 15.4 Å². The molecule has 1 saturated heterocycles. The van der Waals surface area contributed by atoms with Gasteiger partial charge in [0.2, 0.25) is 5.91 Å². The number of nitrogen functional groups attached to an aromatic ring is 1. The van der Waals surface area contributed by atoms with Gasteiger partial charge in [0.1, 0.15) is 12.4 Å². The zero-order valence-electron chi connectivity index (χ0n) is 18.0. The van der Waals surface area contributed by atoms with Gasteiger partial charge in [0.05, 0.1) is 24.8 Å². The second-order valence-electron chi connectivity index (χ2n) is 8.48. The first-order valence-corrected chi connectivity index (χ1v) is 11.0. The van der Waals surface area contributed by atoms with Crippen LogP contribution in [0.3, 0.4) is 0 Å². The summed E-state index contributed by atoms with van der Waals surface area (Å²) in [7, 11) is 0. The Labute approximate surface area is 184 Å². The Balaban J connectivity index is 1.62. The van der Waals surface area contributed by atoms with Gasteiger partial charge in [-0.15, -0.1) is 0 Å². The number of hydrogen-bond acceptors (Lipinski definition) is 6. The molecule has 0 radical (unpaired) electrons. The monoisotopic (exact) mass is 447 g/mol. The predicted molar refractivity (Wildman–Crippen MR) is 114 cm³/mol. The molecule has 2 aromatic rings. The first-order valence-electron chi connectivity index (χ1n) is 11.0. The van der Waals surface area contributed by atoms with Crippen LogP contribution in [0.2, 0.25) is 0 Å². The second-order valence-corrected chi connectivity index (χ2v) is 8.48. The summed E-state index contributed by atoms with van der Waals surface area (Å²) in [5.74, 6) is 1.18. The van der Waals surface area contributed by atoms with Gasteiger partial charge in [-0.2, -0.15) is 5.10 Å². The summed E-state index contributed by atoms with van der Waals surface area (Å²) >= 11 is 0. The zero-order chi connectivity index (χ0) is 22.4. The molecular formula is C22H27F2N5O3. The number of alkyl halides is 2. The molecule has 5 rings (SSSR count). The van der Waals surface area contributed by atoms with E-state index in [0.29, 0.717) is 63.1 Å². The molecule has 0 bridgehead atoms. The van der Waals surface area contributed by atoms with E-state index in [0.717, 1.165) is 24.1 Å². The molecule has 0 saturated carbocycles. The van der Waals surface area contributed by atoms with Crippen LogP contribution in [0.25, 0.3) is 0 Å². The van der Waals surface area contributed by atoms with Gasteiger partial charge in [-0.1, -0.05) is 0 Å². The third-order valence-corrected chi connectivity index (χ3v) is 6.57. The molecule has 0 atom stereocenters. The maximum absolute atomic E-state index is 13.6. The largest absolute Gasteiger partial charge is 0.489 e. The van der Waals surface area contributed by atoms with E-state index in [4.69, 9.17) is 20.3 Å². The molecular weight excluding hydrogens is 420 g/mol. The van der Waals surface area contributed by atoms with Gasteiger partial charge < -0.3 is 25.0 Å². The predicted octanol–water partition coefficient (Wildman–Crippen LogP) is 3.19. The summed E-state index contributed by atoms with van der Waals surface area (Å²) in [5.41, 5.74) is 8.25. The highest BCUT2D eigenvalue weighted by Gasteiger charge is 2.34. The average molecular weight is 447 g/mol. The molecule has 1 fully saturated rings. The Bertz CT molecular complexity index is 1040. The minimum absolute atomic E-state index is 0.00977. The Morgan fingerprint density at radius 3 is 2.72 bits per heavy atom. The molecule has 3 aliphatic heterocycles. The number of anilines is 3. The number of fused-ring (bicyclic) bond motifs is 2. The van der Waals surface area contributed by atoms with E-state index < -0.39 is 6.43 Å². The summed E-state index contributed by atoms with van der Waals surface area (Å²) in [4.78, 5) is 15.8. The maximum Gasteiger partial charge on any atom is 0.265 e. The van der Waals surface area contributed by atoms with Gasteiger partial charge in [-0.3, -0.25) is 9.48 Å². The molecule has 1 aromatic heterocycles. The molecule has 3 aliphatic rings. The van der Waals surface area contributed by atoms with Gasteiger partial charge in [-0.25, -0.2) is 8.78 Å². The Hall–Kier alpha value is -2.88. The molecule has 1 amide bonds. The lowest BCUT2D eigenvalue weighted by atomic mass is 10.0. The summed E-state index contributed by atoms with van der Waals surface area (Å²) in [5, 5.41) is 5.00. The average Bonchev–Trinajstić information content (AvgIpc) is 3.17. The Morgan fingerprint density at radius 1 is 1.22 bits per heavy atom. The van der Waals surface area contributed by atoms with Gasteiger partial charge in [-0.05, 0) is 18.9 Å². The molecule has 1 aromatic carbocycles. The zero-order valence-corrected chi connectivity index (χ0v) is 18.0. The fourth-order valence-electron chi connectivity index (χ4n) is 4.85. The standard InChI is InChI=1S/C22H27F2N5O3/c1-13(30)27-5-2-18-16(12-27)22(26-29(18)14-3-7-31-8-4-14)28-6-9-32-20-11-17(25)15(21(23)24)10-19(20)28/h10-11,14,21H,2-9,12,25H2,1H3. The topological polar surface area (TPSA) is 85.9 Å². The van der Waals surface area contributed by atoms with Crippen LogP contribution in [0.5, 0.6) is 5.75 Å². The fourth-order valence-corrected chi connectivity index (χ4v) is 4.85. The molecule has 10 heteroatoms. The minimum Gasteiger partial charge on any atom is -0.489 e. The molecule has 0 unspecified atom stereocenters. The third kappa shape index (κ3) is 3.56. The smallest absolute Gasteiger partial charge is 0.265 e. The van der Waals surface area contributed by atoms with E-state index in [2.05, 4.69) is 4.68 Å². The lowest BCUT2D eigenvalue weighted by molar-refractivity contribution is -0.129. The molecule has 172 valence electrons. The lowest BCUT2D eigenvalue weighted by Crippen LogP contribution is -2.36. The highest BCUT2D eigenvalue weighted by atomic mass is 19.3. The van der Waals surface area contributed by atoms with Crippen LogP contribution in [0.1, 0.15) is 49.1 Å². The number of rotatable bonds is 3. The number of carbonyl (C=O) groups excluding carboxylic acids is 1. The molecule has 4 heterocycles. The minimum atomic E-state index is -2.69. The van der Waals surface area contributed by atoms with Crippen LogP contribution in [-0.2, 0) is 22.5 Å². The van der Waals surface area contributed by atoms with Crippen molar-refractivity contribution in [2.75, 3.05) is 43.5 Å². The van der Waals surface area contributed by atoms with Gasteiger partial charge >= 0.3 is 0 Å². The highest BCUT2D eigenvalue weighted by molar-refractivity contribution is 5.77. The fraction of sp³-hybridized carbons (Fsp3) is 0.545. The van der Waals surface area contributed by atoms with Gasteiger partial charge in [0.25, 0.3) is 6.43 Å². The summed E-state index contributed by atoms with van der Waals surface area (Å²) in [6, 6.07) is 3.09.